The highest BCUT2D eigenvalue weighted by molar-refractivity contribution is 7.91. The molecule has 13 heteroatoms. The van der Waals surface area contributed by atoms with E-state index in [2.05, 4.69) is 31.8 Å². The Hall–Kier alpha value is -3.87. The first-order valence-corrected chi connectivity index (χ1v) is 14.0. The van der Waals surface area contributed by atoms with E-state index in [1.54, 1.807) is 15.6 Å². The molecule has 37 heavy (non-hydrogen) atoms. The zero-order valence-corrected chi connectivity index (χ0v) is 20.8. The van der Waals surface area contributed by atoms with Crippen LogP contribution in [0.25, 0.3) is 5.52 Å². The van der Waals surface area contributed by atoms with Gasteiger partial charge in [0.15, 0.2) is 15.7 Å². The first-order valence-electron chi connectivity index (χ1n) is 12.0. The van der Waals surface area contributed by atoms with E-state index in [4.69, 9.17) is 4.98 Å². The largest absolute Gasteiger partial charge is 0.326 e. The minimum absolute atomic E-state index is 0.0531. The molecule has 0 bridgehead atoms. The molecule has 1 saturated carbocycles. The number of sulfone groups is 1. The summed E-state index contributed by atoms with van der Waals surface area (Å²) in [6, 6.07) is 5.36. The van der Waals surface area contributed by atoms with E-state index in [0.29, 0.717) is 29.8 Å². The SMILES string of the molecule is CS(=O)(=O)[C@H]1C[C@@H](C(=O)Nc2ccc(F)nc2)N(c2nc(NC3=NCC(C4CC4)=C3)c3cccn3n2)C1. The molecule has 2 aliphatic heterocycles. The number of nitrogens with zero attached hydrogens (tertiary/aromatic N) is 6. The molecule has 6 rings (SSSR count). The number of halogens is 1. The van der Waals surface area contributed by atoms with Crippen molar-refractivity contribution in [3.8, 4) is 0 Å². The number of amides is 1. The van der Waals surface area contributed by atoms with Crippen molar-refractivity contribution in [3.05, 3.63) is 54.3 Å². The van der Waals surface area contributed by atoms with Crippen LogP contribution in [0.4, 0.5) is 21.8 Å². The van der Waals surface area contributed by atoms with Crippen molar-refractivity contribution < 1.29 is 17.6 Å². The van der Waals surface area contributed by atoms with Crippen LogP contribution < -0.4 is 15.5 Å². The predicted octanol–water partition coefficient (Wildman–Crippen LogP) is 2.05. The number of hydrogen-bond acceptors (Lipinski definition) is 9. The minimum atomic E-state index is -3.45. The second-order valence-corrected chi connectivity index (χ2v) is 12.0. The lowest BCUT2D eigenvalue weighted by Gasteiger charge is -2.24. The monoisotopic (exact) mass is 524 g/mol. The van der Waals surface area contributed by atoms with E-state index in [9.17, 15) is 17.6 Å². The number of amidine groups is 1. The number of carbonyl (C=O) groups is 1. The van der Waals surface area contributed by atoms with Crippen LogP contribution in [0.3, 0.4) is 0 Å². The molecular formula is C24H25FN8O3S. The molecule has 3 aromatic heterocycles. The molecular weight excluding hydrogens is 499 g/mol. The fourth-order valence-electron chi connectivity index (χ4n) is 4.73. The predicted molar refractivity (Wildman–Crippen MR) is 137 cm³/mol. The van der Waals surface area contributed by atoms with Crippen LogP contribution in [0.5, 0.6) is 0 Å². The van der Waals surface area contributed by atoms with Gasteiger partial charge >= 0.3 is 0 Å². The molecule has 1 amide bonds. The third kappa shape index (κ3) is 4.78. The van der Waals surface area contributed by atoms with E-state index in [1.807, 2.05) is 12.1 Å². The third-order valence-corrected chi connectivity index (χ3v) is 8.46. The highest BCUT2D eigenvalue weighted by Gasteiger charge is 2.43. The normalized spacial score (nSPS) is 21.7. The van der Waals surface area contributed by atoms with E-state index >= 15 is 0 Å². The molecule has 2 atom stereocenters. The molecule has 2 N–H and O–H groups in total. The van der Waals surface area contributed by atoms with Gasteiger partial charge in [-0.05, 0) is 61.1 Å². The summed E-state index contributed by atoms with van der Waals surface area (Å²) in [5, 5.41) is 9.78. The summed E-state index contributed by atoms with van der Waals surface area (Å²) in [7, 11) is -3.45. The van der Waals surface area contributed by atoms with Crippen molar-refractivity contribution in [1.82, 2.24) is 19.6 Å². The van der Waals surface area contributed by atoms with Gasteiger partial charge in [0.1, 0.15) is 17.4 Å². The summed E-state index contributed by atoms with van der Waals surface area (Å²) in [4.78, 5) is 27.7. The summed E-state index contributed by atoms with van der Waals surface area (Å²) in [5.41, 5.74) is 2.33. The fraction of sp³-hybridized carbons (Fsp3) is 0.375. The number of pyridine rings is 1. The minimum Gasteiger partial charge on any atom is -0.326 e. The Morgan fingerprint density at radius 3 is 2.78 bits per heavy atom. The van der Waals surface area contributed by atoms with E-state index in [0.717, 1.165) is 17.8 Å². The van der Waals surface area contributed by atoms with Crippen LogP contribution in [0.15, 0.2) is 53.3 Å². The Labute approximate surface area is 212 Å². The molecule has 1 saturated heterocycles. The van der Waals surface area contributed by atoms with Gasteiger partial charge in [-0.3, -0.25) is 9.79 Å². The zero-order valence-electron chi connectivity index (χ0n) is 20.0. The molecule has 3 aromatic rings. The second kappa shape index (κ2) is 8.91. The van der Waals surface area contributed by atoms with E-state index < -0.39 is 33.0 Å². The molecule has 0 spiro atoms. The van der Waals surface area contributed by atoms with E-state index in [1.165, 1.54) is 30.7 Å². The van der Waals surface area contributed by atoms with Gasteiger partial charge in [0, 0.05) is 19.0 Å². The quantitative estimate of drug-likeness (QED) is 0.468. The summed E-state index contributed by atoms with van der Waals surface area (Å²) < 4.78 is 39.7. The summed E-state index contributed by atoms with van der Waals surface area (Å²) in [5.74, 6) is 0.916. The van der Waals surface area contributed by atoms with Crippen molar-refractivity contribution >= 4 is 44.6 Å². The zero-order chi connectivity index (χ0) is 25.7. The van der Waals surface area contributed by atoms with Crippen LogP contribution in [-0.2, 0) is 14.6 Å². The van der Waals surface area contributed by atoms with E-state index in [-0.39, 0.29) is 18.9 Å². The Morgan fingerprint density at radius 2 is 2.05 bits per heavy atom. The maximum absolute atomic E-state index is 13.3. The highest BCUT2D eigenvalue weighted by atomic mass is 32.2. The fourth-order valence-corrected chi connectivity index (χ4v) is 5.69. The number of anilines is 3. The van der Waals surface area contributed by atoms with Crippen molar-refractivity contribution in [2.75, 3.05) is 34.9 Å². The maximum atomic E-state index is 13.3. The van der Waals surface area contributed by atoms with Crippen LogP contribution in [0, 0.1) is 11.9 Å². The smallest absolute Gasteiger partial charge is 0.247 e. The van der Waals surface area contributed by atoms with Crippen molar-refractivity contribution in [1.29, 1.82) is 0 Å². The van der Waals surface area contributed by atoms with Gasteiger partial charge in [-0.25, -0.2) is 17.9 Å². The number of aliphatic imine (C=N–C) groups is 1. The first kappa shape index (κ1) is 23.5. The topological polar surface area (TPSA) is 134 Å². The van der Waals surface area contributed by atoms with Crippen molar-refractivity contribution in [2.45, 2.75) is 30.6 Å². The van der Waals surface area contributed by atoms with Gasteiger partial charge in [-0.15, -0.1) is 5.10 Å². The number of carbonyl (C=O) groups excluding carboxylic acids is 1. The van der Waals surface area contributed by atoms with Crippen molar-refractivity contribution in [3.63, 3.8) is 0 Å². The number of hydrogen-bond donors (Lipinski definition) is 2. The number of aromatic nitrogens is 4. The molecule has 1 aliphatic carbocycles. The second-order valence-electron chi connectivity index (χ2n) is 9.63. The van der Waals surface area contributed by atoms with Gasteiger partial charge in [0.2, 0.25) is 17.8 Å². The number of rotatable bonds is 6. The van der Waals surface area contributed by atoms with Gasteiger partial charge in [-0.1, -0.05) is 0 Å². The molecule has 0 radical (unpaired) electrons. The Morgan fingerprint density at radius 1 is 1.22 bits per heavy atom. The highest BCUT2D eigenvalue weighted by Crippen LogP contribution is 2.38. The van der Waals surface area contributed by atoms with Crippen molar-refractivity contribution in [2.24, 2.45) is 10.9 Å². The Balaban J connectivity index is 1.32. The first-order chi connectivity index (χ1) is 17.7. The summed E-state index contributed by atoms with van der Waals surface area (Å²) in [6.07, 6.45) is 8.64. The molecule has 0 unspecified atom stereocenters. The van der Waals surface area contributed by atoms with Gasteiger partial charge in [0.05, 0.1) is 23.7 Å². The molecule has 192 valence electrons. The molecule has 11 nitrogen and oxygen atoms in total. The van der Waals surface area contributed by atoms with Crippen LogP contribution in [0.1, 0.15) is 19.3 Å². The summed E-state index contributed by atoms with van der Waals surface area (Å²) in [6.45, 7) is 0.725. The lowest BCUT2D eigenvalue weighted by atomic mass is 10.2. The molecule has 5 heterocycles. The molecule has 3 aliphatic rings. The summed E-state index contributed by atoms with van der Waals surface area (Å²) >= 11 is 0. The average Bonchev–Trinajstić information content (AvgIpc) is 3.24. The number of fused-ring (bicyclic) bond motifs is 1. The lowest BCUT2D eigenvalue weighted by Crippen LogP contribution is -2.41. The third-order valence-electron chi connectivity index (χ3n) is 6.90. The maximum Gasteiger partial charge on any atom is 0.247 e. The van der Waals surface area contributed by atoms with Gasteiger partial charge in [0.25, 0.3) is 0 Å². The Bertz CT molecular complexity index is 1550. The lowest BCUT2D eigenvalue weighted by molar-refractivity contribution is -0.117. The number of nitrogens with one attached hydrogen (secondary N) is 2. The van der Waals surface area contributed by atoms with Gasteiger partial charge in [-0.2, -0.15) is 9.37 Å². The van der Waals surface area contributed by atoms with Crippen LogP contribution in [-0.4, -0.2) is 70.4 Å². The molecule has 2 fully saturated rings. The van der Waals surface area contributed by atoms with Crippen LogP contribution >= 0.6 is 0 Å². The van der Waals surface area contributed by atoms with Crippen LogP contribution in [0.2, 0.25) is 0 Å². The molecule has 0 aromatic carbocycles. The Kier molecular flexibility index (Phi) is 5.66. The average molecular weight is 525 g/mol. The standard InChI is InChI=1S/C24H25FN8O3S/c1-37(35,36)17-10-19(23(34)28-16-6-7-20(25)26-12-16)32(13-17)24-30-22(18-3-2-8-33(18)31-24)29-21-9-15(11-27-21)14-4-5-14/h2-3,6-9,12,14,17,19H,4-5,10-11,13H2,1H3,(H,28,34)(H,27,29,30,31)/t17-,19-/m0/s1. The van der Waals surface area contributed by atoms with Gasteiger partial charge < -0.3 is 15.5 Å².